The van der Waals surface area contributed by atoms with E-state index in [-0.39, 0.29) is 5.91 Å². The summed E-state index contributed by atoms with van der Waals surface area (Å²) in [6.07, 6.45) is 0. The Labute approximate surface area is 54.6 Å². The Hall–Kier alpha value is -0.610. The molecule has 0 atom stereocenters. The normalized spacial score (nSPS) is 9.11. The van der Waals surface area contributed by atoms with Gasteiger partial charge in [0.1, 0.15) is 0 Å². The zero-order valence-electron chi connectivity index (χ0n) is 5.73. The lowest BCUT2D eigenvalue weighted by molar-refractivity contribution is -0.119. The molecule has 4 heteroatoms. The predicted octanol–water partition coefficient (Wildman–Crippen LogP) is -0.727. The highest BCUT2D eigenvalue weighted by molar-refractivity contribution is 5.72. The summed E-state index contributed by atoms with van der Waals surface area (Å²) in [5, 5.41) is 5.36. The number of hydrogen-bond acceptors (Lipinski definition) is 3. The number of rotatable bonds is 4. The van der Waals surface area contributed by atoms with Crippen LogP contribution in [-0.4, -0.2) is 26.4 Å². The molecular weight excluding hydrogens is 120 g/mol. The van der Waals surface area contributed by atoms with Crippen LogP contribution in [0.1, 0.15) is 6.92 Å². The molecule has 0 spiro atoms. The molecule has 0 heterocycles. The van der Waals surface area contributed by atoms with Crippen molar-refractivity contribution in [1.82, 2.24) is 10.6 Å². The van der Waals surface area contributed by atoms with Crippen LogP contribution in [0.2, 0.25) is 0 Å². The van der Waals surface area contributed by atoms with Crippen molar-refractivity contribution in [2.24, 2.45) is 0 Å². The second kappa shape index (κ2) is 5.53. The van der Waals surface area contributed by atoms with Crippen LogP contribution in [-0.2, 0) is 9.53 Å². The van der Waals surface area contributed by atoms with Crippen molar-refractivity contribution in [3.8, 4) is 0 Å². The number of carbonyl (C=O) groups is 1. The van der Waals surface area contributed by atoms with Crippen LogP contribution in [0.4, 0.5) is 0 Å². The quantitative estimate of drug-likeness (QED) is 0.392. The van der Waals surface area contributed by atoms with Crippen LogP contribution < -0.4 is 10.6 Å². The lowest BCUT2D eigenvalue weighted by Crippen LogP contribution is -2.33. The van der Waals surface area contributed by atoms with Crippen LogP contribution in [0.5, 0.6) is 0 Å². The second-order valence-electron chi connectivity index (χ2n) is 1.59. The zero-order chi connectivity index (χ0) is 7.11. The maximum atomic E-state index is 10.2. The first kappa shape index (κ1) is 8.39. The van der Waals surface area contributed by atoms with Crippen LogP contribution >= 0.6 is 0 Å². The van der Waals surface area contributed by atoms with E-state index in [2.05, 4.69) is 15.4 Å². The van der Waals surface area contributed by atoms with Crippen molar-refractivity contribution < 1.29 is 9.53 Å². The van der Waals surface area contributed by atoms with E-state index < -0.39 is 0 Å². The molecule has 54 valence electrons. The number of nitrogens with one attached hydrogen (secondary N) is 2. The monoisotopic (exact) mass is 132 g/mol. The molecule has 0 saturated carbocycles. The van der Waals surface area contributed by atoms with E-state index in [1.54, 1.807) is 7.11 Å². The highest BCUT2D eigenvalue weighted by Gasteiger charge is 1.85. The number of amides is 1. The lowest BCUT2D eigenvalue weighted by Gasteiger charge is -2.01. The van der Waals surface area contributed by atoms with E-state index in [9.17, 15) is 4.79 Å². The van der Waals surface area contributed by atoms with Crippen LogP contribution in [0, 0.1) is 0 Å². The molecule has 2 N–H and O–H groups in total. The highest BCUT2D eigenvalue weighted by Crippen LogP contribution is 1.58. The minimum atomic E-state index is -0.0430. The number of carbonyl (C=O) groups excluding carboxylic acids is 1. The summed E-state index contributed by atoms with van der Waals surface area (Å²) in [5.41, 5.74) is 0. The van der Waals surface area contributed by atoms with Gasteiger partial charge >= 0.3 is 0 Å². The van der Waals surface area contributed by atoms with Gasteiger partial charge in [-0.15, -0.1) is 0 Å². The number of ether oxygens (including phenoxy) is 1. The molecule has 0 radical (unpaired) electrons. The molecule has 0 aliphatic heterocycles. The van der Waals surface area contributed by atoms with Gasteiger partial charge in [-0.2, -0.15) is 0 Å². The molecule has 0 aliphatic rings. The van der Waals surface area contributed by atoms with Gasteiger partial charge in [-0.3, -0.25) is 10.1 Å². The molecular formula is C5H12N2O2. The highest BCUT2D eigenvalue weighted by atomic mass is 16.5. The summed E-state index contributed by atoms with van der Waals surface area (Å²) in [5.74, 6) is -0.0430. The average Bonchev–Trinajstić information content (AvgIpc) is 1.80. The van der Waals surface area contributed by atoms with E-state index >= 15 is 0 Å². The maximum absolute atomic E-state index is 10.2. The average molecular weight is 132 g/mol. The molecule has 0 aromatic carbocycles. The Morgan fingerprint density at radius 1 is 1.67 bits per heavy atom. The van der Waals surface area contributed by atoms with Crippen LogP contribution in [0.15, 0.2) is 0 Å². The summed E-state index contributed by atoms with van der Waals surface area (Å²) in [4.78, 5) is 10.2. The summed E-state index contributed by atoms with van der Waals surface area (Å²) in [7, 11) is 1.58. The fourth-order valence-electron chi connectivity index (χ4n) is 0.340. The van der Waals surface area contributed by atoms with Gasteiger partial charge < -0.3 is 10.1 Å². The molecule has 0 bridgehead atoms. The van der Waals surface area contributed by atoms with Gasteiger partial charge in [-0.25, -0.2) is 0 Å². The second-order valence-corrected chi connectivity index (χ2v) is 1.59. The van der Waals surface area contributed by atoms with Gasteiger partial charge in [0.15, 0.2) is 0 Å². The summed E-state index contributed by atoms with van der Waals surface area (Å²) >= 11 is 0. The molecule has 0 unspecified atom stereocenters. The molecule has 0 rings (SSSR count). The molecule has 0 aliphatic carbocycles. The van der Waals surface area contributed by atoms with Gasteiger partial charge in [0, 0.05) is 14.0 Å². The Morgan fingerprint density at radius 3 is 2.78 bits per heavy atom. The van der Waals surface area contributed by atoms with E-state index in [1.807, 2.05) is 0 Å². The van der Waals surface area contributed by atoms with Gasteiger partial charge in [0.05, 0.1) is 13.4 Å². The first-order valence-electron chi connectivity index (χ1n) is 2.71. The third-order valence-corrected chi connectivity index (χ3v) is 0.709. The third-order valence-electron chi connectivity index (χ3n) is 0.709. The van der Waals surface area contributed by atoms with Crippen molar-refractivity contribution in [2.45, 2.75) is 6.92 Å². The van der Waals surface area contributed by atoms with E-state index in [4.69, 9.17) is 0 Å². The van der Waals surface area contributed by atoms with Crippen molar-refractivity contribution in [2.75, 3.05) is 20.5 Å². The van der Waals surface area contributed by atoms with E-state index in [0.717, 1.165) is 0 Å². The third kappa shape index (κ3) is 7.39. The Morgan fingerprint density at radius 2 is 2.33 bits per heavy atom. The number of hydrogen-bond donors (Lipinski definition) is 2. The van der Waals surface area contributed by atoms with Gasteiger partial charge in [-0.05, 0) is 0 Å². The molecule has 0 fully saturated rings. The molecule has 9 heavy (non-hydrogen) atoms. The summed E-state index contributed by atoms with van der Waals surface area (Å²) in [6.45, 7) is 2.39. The molecule has 1 amide bonds. The Balaban J connectivity index is 2.83. The Bertz CT molecular complexity index is 85.0. The summed E-state index contributed by atoms with van der Waals surface area (Å²) < 4.78 is 4.66. The van der Waals surface area contributed by atoms with Crippen molar-refractivity contribution >= 4 is 5.91 Å². The smallest absolute Gasteiger partial charge is 0.217 e. The van der Waals surface area contributed by atoms with Gasteiger partial charge in [0.2, 0.25) is 5.91 Å². The maximum Gasteiger partial charge on any atom is 0.217 e. The largest absolute Gasteiger partial charge is 0.369 e. The lowest BCUT2D eigenvalue weighted by atomic mass is 10.7. The molecule has 4 nitrogen and oxygen atoms in total. The first-order valence-corrected chi connectivity index (χ1v) is 2.71. The van der Waals surface area contributed by atoms with E-state index in [1.165, 1.54) is 6.92 Å². The van der Waals surface area contributed by atoms with Crippen molar-refractivity contribution in [3.05, 3.63) is 0 Å². The zero-order valence-corrected chi connectivity index (χ0v) is 5.73. The fraction of sp³-hybridized carbons (Fsp3) is 0.800. The molecule has 0 aromatic rings. The topological polar surface area (TPSA) is 50.4 Å². The minimum Gasteiger partial charge on any atom is -0.369 e. The molecule has 0 saturated heterocycles. The molecule has 0 aromatic heterocycles. The van der Waals surface area contributed by atoms with Crippen molar-refractivity contribution in [3.63, 3.8) is 0 Å². The van der Waals surface area contributed by atoms with Crippen molar-refractivity contribution in [1.29, 1.82) is 0 Å². The fourth-order valence-corrected chi connectivity index (χ4v) is 0.340. The van der Waals surface area contributed by atoms with Crippen LogP contribution in [0.25, 0.3) is 0 Å². The van der Waals surface area contributed by atoms with Gasteiger partial charge in [0.25, 0.3) is 0 Å². The predicted molar refractivity (Wildman–Crippen MR) is 33.7 cm³/mol. The van der Waals surface area contributed by atoms with E-state index in [0.29, 0.717) is 13.4 Å². The van der Waals surface area contributed by atoms with Gasteiger partial charge in [-0.1, -0.05) is 0 Å². The van der Waals surface area contributed by atoms with Crippen LogP contribution in [0.3, 0.4) is 0 Å². The minimum absolute atomic E-state index is 0.0430. The number of methoxy groups -OCH3 is 1. The first-order chi connectivity index (χ1) is 4.27. The standard InChI is InChI=1S/C5H12N2O2/c1-5(8)7-3-6-4-9-2/h6H,3-4H2,1-2H3,(H,7,8). The Kier molecular flexibility index (Phi) is 5.15. The summed E-state index contributed by atoms with van der Waals surface area (Å²) in [6, 6.07) is 0. The SMILES string of the molecule is COCNCNC(C)=O.